The molecule has 0 saturated heterocycles. The summed E-state index contributed by atoms with van der Waals surface area (Å²) in [5, 5.41) is -1.31. The molecular formula is C25H41O5P. The van der Waals surface area contributed by atoms with E-state index in [4.69, 9.17) is 13.8 Å². The van der Waals surface area contributed by atoms with Gasteiger partial charge in [-0.15, -0.1) is 0 Å². The lowest BCUT2D eigenvalue weighted by Crippen LogP contribution is -2.32. The molecule has 1 aromatic rings. The number of rotatable bonds is 9. The zero-order chi connectivity index (χ0) is 24.3. The standard InChI is InChI=1S/C25H41O5P/c1-12-29-31(27,30-13-2)25(9,10)21(26)15-14-18-16-19(23(3,4)5)17-20(22(18)28-11)24(6,7)8/h14-17H,12-13H2,1-11H3. The number of hydrogen-bond acceptors (Lipinski definition) is 5. The van der Waals surface area contributed by atoms with Crippen molar-refractivity contribution in [3.05, 3.63) is 34.9 Å². The largest absolute Gasteiger partial charge is 0.496 e. The Morgan fingerprint density at radius 3 is 1.84 bits per heavy atom. The van der Waals surface area contributed by atoms with E-state index in [0.29, 0.717) is 0 Å². The van der Waals surface area contributed by atoms with Crippen molar-refractivity contribution >= 4 is 19.5 Å². The van der Waals surface area contributed by atoms with Crippen LogP contribution in [0.25, 0.3) is 6.08 Å². The second-order valence-electron chi connectivity index (χ2n) is 10.2. The molecule has 0 aliphatic heterocycles. The molecule has 0 aliphatic carbocycles. The van der Waals surface area contributed by atoms with Gasteiger partial charge in [0.15, 0.2) is 5.78 Å². The Morgan fingerprint density at radius 1 is 0.935 bits per heavy atom. The van der Waals surface area contributed by atoms with Crippen molar-refractivity contribution < 1.29 is 23.1 Å². The topological polar surface area (TPSA) is 61.8 Å². The second-order valence-corrected chi connectivity index (χ2v) is 12.9. The first-order chi connectivity index (χ1) is 14.0. The predicted octanol–water partition coefficient (Wildman–Crippen LogP) is 6.92. The third-order valence-electron chi connectivity index (χ3n) is 5.30. The SMILES string of the molecule is CCOP(=O)(OCC)C(C)(C)C(=O)C=Cc1cc(C(C)(C)C)cc(C(C)(C)C)c1OC. The summed E-state index contributed by atoms with van der Waals surface area (Å²) in [5.74, 6) is 0.415. The predicted molar refractivity (Wildman–Crippen MR) is 129 cm³/mol. The minimum Gasteiger partial charge on any atom is -0.496 e. The van der Waals surface area contributed by atoms with Crippen molar-refractivity contribution in [2.75, 3.05) is 20.3 Å². The Balaban J connectivity index is 3.56. The highest BCUT2D eigenvalue weighted by atomic mass is 31.2. The first-order valence-electron chi connectivity index (χ1n) is 10.9. The molecule has 0 spiro atoms. The van der Waals surface area contributed by atoms with E-state index in [9.17, 15) is 9.36 Å². The summed E-state index contributed by atoms with van der Waals surface area (Å²) in [4.78, 5) is 13.1. The fraction of sp³-hybridized carbons (Fsp3) is 0.640. The van der Waals surface area contributed by atoms with E-state index in [-0.39, 0.29) is 29.8 Å². The van der Waals surface area contributed by atoms with Gasteiger partial charge in [0.25, 0.3) is 0 Å². The minimum atomic E-state index is -3.62. The summed E-state index contributed by atoms with van der Waals surface area (Å²) in [6, 6.07) is 4.23. The molecule has 0 radical (unpaired) electrons. The van der Waals surface area contributed by atoms with Gasteiger partial charge >= 0.3 is 7.60 Å². The van der Waals surface area contributed by atoms with Crippen LogP contribution in [0.1, 0.15) is 85.9 Å². The van der Waals surface area contributed by atoms with Crippen LogP contribution in [-0.2, 0) is 29.2 Å². The summed E-state index contributed by atoms with van der Waals surface area (Å²) in [6.07, 6.45) is 3.21. The monoisotopic (exact) mass is 452 g/mol. The molecule has 0 aliphatic rings. The van der Waals surface area contributed by atoms with E-state index >= 15 is 0 Å². The maximum absolute atomic E-state index is 13.3. The molecule has 0 aromatic heterocycles. The Morgan fingerprint density at radius 2 is 1.45 bits per heavy atom. The molecule has 5 nitrogen and oxygen atoms in total. The van der Waals surface area contributed by atoms with Crippen LogP contribution < -0.4 is 4.74 Å². The van der Waals surface area contributed by atoms with Gasteiger partial charge in [0, 0.05) is 11.1 Å². The highest BCUT2D eigenvalue weighted by molar-refractivity contribution is 7.56. The van der Waals surface area contributed by atoms with Crippen LogP contribution in [-0.4, -0.2) is 31.3 Å². The maximum Gasteiger partial charge on any atom is 0.343 e. The van der Waals surface area contributed by atoms with Gasteiger partial charge in [-0.3, -0.25) is 9.36 Å². The normalized spacial score (nSPS) is 13.6. The van der Waals surface area contributed by atoms with E-state index in [0.717, 1.165) is 22.4 Å². The average Bonchev–Trinajstić information content (AvgIpc) is 2.63. The number of carbonyl (C=O) groups excluding carboxylic acids is 1. The molecule has 0 amide bonds. The summed E-state index contributed by atoms with van der Waals surface area (Å²) >= 11 is 0. The van der Waals surface area contributed by atoms with Gasteiger partial charge in [0.1, 0.15) is 10.9 Å². The van der Waals surface area contributed by atoms with Gasteiger partial charge < -0.3 is 13.8 Å². The van der Waals surface area contributed by atoms with Crippen LogP contribution in [0.2, 0.25) is 0 Å². The third-order valence-corrected chi connectivity index (χ3v) is 8.08. The molecule has 176 valence electrons. The lowest BCUT2D eigenvalue weighted by atomic mass is 9.79. The second kappa shape index (κ2) is 10.0. The number of allylic oxidation sites excluding steroid dienone is 1. The highest BCUT2D eigenvalue weighted by Gasteiger charge is 2.48. The third kappa shape index (κ3) is 6.31. The minimum absolute atomic E-state index is 0.0717. The first kappa shape index (κ1) is 27.6. The summed E-state index contributed by atoms with van der Waals surface area (Å²) in [7, 11) is -1.98. The van der Waals surface area contributed by atoms with Crippen LogP contribution in [0, 0.1) is 0 Å². The number of ketones is 1. The van der Waals surface area contributed by atoms with Crippen molar-refractivity contribution in [3.63, 3.8) is 0 Å². The fourth-order valence-electron chi connectivity index (χ4n) is 3.20. The van der Waals surface area contributed by atoms with Crippen molar-refractivity contribution in [3.8, 4) is 5.75 Å². The van der Waals surface area contributed by atoms with E-state index in [1.165, 1.54) is 6.08 Å². The number of benzene rings is 1. The first-order valence-corrected chi connectivity index (χ1v) is 12.4. The summed E-state index contributed by atoms with van der Waals surface area (Å²) in [5.41, 5.74) is 2.82. The summed E-state index contributed by atoms with van der Waals surface area (Å²) < 4.78 is 29.9. The quantitative estimate of drug-likeness (QED) is 0.301. The average molecular weight is 453 g/mol. The van der Waals surface area contributed by atoms with Gasteiger partial charge in [0.05, 0.1) is 20.3 Å². The highest BCUT2D eigenvalue weighted by Crippen LogP contribution is 2.60. The van der Waals surface area contributed by atoms with Gasteiger partial charge in [-0.05, 0) is 62.3 Å². The molecule has 0 fully saturated rings. The molecule has 0 atom stereocenters. The van der Waals surface area contributed by atoms with Crippen LogP contribution >= 0.6 is 7.60 Å². The van der Waals surface area contributed by atoms with Crippen molar-refractivity contribution in [1.82, 2.24) is 0 Å². The van der Waals surface area contributed by atoms with Crippen LogP contribution in [0.4, 0.5) is 0 Å². The van der Waals surface area contributed by atoms with E-state index in [2.05, 4.69) is 53.7 Å². The fourth-order valence-corrected chi connectivity index (χ4v) is 4.94. The van der Waals surface area contributed by atoms with E-state index < -0.39 is 12.8 Å². The lowest BCUT2D eigenvalue weighted by molar-refractivity contribution is -0.116. The molecule has 0 N–H and O–H groups in total. The number of methoxy groups -OCH3 is 1. The number of ether oxygens (including phenoxy) is 1. The van der Waals surface area contributed by atoms with Crippen LogP contribution in [0.5, 0.6) is 5.75 Å². The van der Waals surface area contributed by atoms with Gasteiger partial charge in [0.2, 0.25) is 0 Å². The lowest BCUT2D eigenvalue weighted by Gasteiger charge is -2.30. The van der Waals surface area contributed by atoms with Gasteiger partial charge in [-0.1, -0.05) is 47.6 Å². The summed E-state index contributed by atoms with van der Waals surface area (Å²) in [6.45, 7) is 20.0. The Kier molecular flexibility index (Phi) is 8.93. The van der Waals surface area contributed by atoms with E-state index in [1.54, 1.807) is 40.9 Å². The Hall–Kier alpha value is -1.42. The van der Waals surface area contributed by atoms with Gasteiger partial charge in [-0.25, -0.2) is 0 Å². The Labute approximate surface area is 189 Å². The number of carbonyl (C=O) groups is 1. The molecule has 0 unspecified atom stereocenters. The molecule has 0 saturated carbocycles. The molecule has 31 heavy (non-hydrogen) atoms. The zero-order valence-electron chi connectivity index (χ0n) is 21.2. The molecule has 1 rings (SSSR count). The Bertz CT molecular complexity index is 844. The van der Waals surface area contributed by atoms with Crippen molar-refractivity contribution in [1.29, 1.82) is 0 Å². The smallest absolute Gasteiger partial charge is 0.343 e. The van der Waals surface area contributed by atoms with E-state index in [1.807, 2.05) is 0 Å². The maximum atomic E-state index is 13.3. The molecule has 1 aromatic carbocycles. The van der Waals surface area contributed by atoms with Gasteiger partial charge in [-0.2, -0.15) is 0 Å². The molecule has 0 bridgehead atoms. The van der Waals surface area contributed by atoms with Crippen molar-refractivity contribution in [2.24, 2.45) is 0 Å². The van der Waals surface area contributed by atoms with Crippen LogP contribution in [0.3, 0.4) is 0 Å². The molecular weight excluding hydrogens is 411 g/mol. The zero-order valence-corrected chi connectivity index (χ0v) is 22.1. The van der Waals surface area contributed by atoms with Crippen LogP contribution in [0.15, 0.2) is 18.2 Å². The molecule has 6 heteroatoms. The van der Waals surface area contributed by atoms with Crippen molar-refractivity contribution in [2.45, 2.75) is 85.2 Å². The molecule has 0 heterocycles. The number of hydrogen-bond donors (Lipinski definition) is 0.